The number of rotatable bonds is 2. The van der Waals surface area contributed by atoms with E-state index in [1.54, 1.807) is 6.08 Å². The Labute approximate surface area is 295 Å². The summed E-state index contributed by atoms with van der Waals surface area (Å²) in [7, 11) is -9.14. The molecule has 14 nitrogen and oxygen atoms in total. The molecule has 5 heterocycles. The molecule has 2 aliphatic carbocycles. The van der Waals surface area contributed by atoms with Crippen LogP contribution in [0.3, 0.4) is 0 Å². The molecule has 0 radical (unpaired) electrons. The lowest BCUT2D eigenvalue weighted by Gasteiger charge is -2.16. The smallest absolute Gasteiger partial charge is 0.277 e. The van der Waals surface area contributed by atoms with Gasteiger partial charge >= 0.3 is 0 Å². The van der Waals surface area contributed by atoms with E-state index in [4.69, 9.17) is 29.9 Å². The second-order valence-electron chi connectivity index (χ2n) is 13.0. The van der Waals surface area contributed by atoms with Gasteiger partial charge in [-0.2, -0.15) is 16.8 Å². The number of hydrogen-bond acceptors (Lipinski definition) is 10. The van der Waals surface area contributed by atoms with Crippen LogP contribution >= 0.6 is 0 Å². The molecule has 16 heteroatoms. The van der Waals surface area contributed by atoms with Crippen LogP contribution in [-0.4, -0.2) is 75.3 Å². The normalized spacial score (nSPS) is 20.8. The minimum Gasteiger partial charge on any atom is -0.324 e. The summed E-state index contributed by atoms with van der Waals surface area (Å²) in [5.74, 6) is 1.10. The fourth-order valence-electron chi connectivity index (χ4n) is 6.43. The van der Waals surface area contributed by atoms with Gasteiger partial charge in [0.25, 0.3) is 20.2 Å². The van der Waals surface area contributed by atoms with E-state index in [2.05, 4.69) is 9.97 Å². The molecule has 4 aliphatic rings. The molecule has 258 valence electrons. The summed E-state index contributed by atoms with van der Waals surface area (Å²) in [6.45, 7) is 2.73. The molecule has 2 aromatic carbocycles. The number of benzene rings is 2. The van der Waals surface area contributed by atoms with Crippen molar-refractivity contribution in [3.05, 3.63) is 108 Å². The van der Waals surface area contributed by atoms with E-state index < -0.39 is 29.7 Å². The summed E-state index contributed by atoms with van der Waals surface area (Å²) in [6, 6.07) is 15.1. The number of allylic oxidation sites excluding steroid dienone is 4. The molecule has 0 spiro atoms. The topological polar surface area (TPSA) is 218 Å². The lowest BCUT2D eigenvalue weighted by molar-refractivity contribution is 0.464. The lowest BCUT2D eigenvalue weighted by atomic mass is 10.1. The minimum absolute atomic E-state index is 0.149. The first kappa shape index (κ1) is 32.0. The third-order valence-corrected chi connectivity index (χ3v) is 12.4. The molecule has 52 heavy (non-hydrogen) atoms. The van der Waals surface area contributed by atoms with Crippen LogP contribution in [0.15, 0.2) is 85.0 Å². The van der Waals surface area contributed by atoms with Crippen molar-refractivity contribution in [2.45, 2.75) is 23.3 Å². The monoisotopic (exact) mass is 730 g/mol. The molecule has 0 fully saturated rings. The van der Waals surface area contributed by atoms with E-state index in [0.717, 1.165) is 21.9 Å². The third kappa shape index (κ3) is 4.83. The highest BCUT2D eigenvalue weighted by Crippen LogP contribution is 2.38. The number of nitrogens with one attached hydrogen (secondary N) is 2. The van der Waals surface area contributed by atoms with Gasteiger partial charge in [-0.25, -0.2) is 29.9 Å². The Balaban J connectivity index is 1.44. The van der Waals surface area contributed by atoms with Crippen molar-refractivity contribution in [2.24, 2.45) is 0 Å². The number of fused-ring (bicyclic) bond motifs is 19. The lowest BCUT2D eigenvalue weighted by Crippen LogP contribution is -2.30. The van der Waals surface area contributed by atoms with Crippen LogP contribution in [0.25, 0.3) is 79.4 Å². The number of aromatic nitrogens is 8. The van der Waals surface area contributed by atoms with Gasteiger partial charge in [0.05, 0.1) is 0 Å². The summed E-state index contributed by atoms with van der Waals surface area (Å²) in [6.07, 6.45) is 11.6. The molecule has 0 saturated heterocycles. The van der Waals surface area contributed by atoms with Crippen molar-refractivity contribution in [3.63, 3.8) is 0 Å². The molecular weight excluding hydrogens is 705 g/mol. The van der Waals surface area contributed by atoms with Crippen LogP contribution in [0.4, 0.5) is 0 Å². The minimum atomic E-state index is -4.57. The van der Waals surface area contributed by atoms with Gasteiger partial charge in [-0.3, -0.25) is 9.11 Å². The molecule has 9 rings (SSSR count). The highest BCUT2D eigenvalue weighted by Gasteiger charge is 2.36. The Kier molecular flexibility index (Phi) is 6.64. The third-order valence-electron chi connectivity index (χ3n) is 9.62. The Bertz CT molecular complexity index is 3010. The largest absolute Gasteiger partial charge is 0.324 e. The van der Waals surface area contributed by atoms with Crippen LogP contribution in [-0.2, 0) is 20.2 Å². The van der Waals surface area contributed by atoms with Crippen molar-refractivity contribution in [1.82, 2.24) is 39.9 Å². The van der Waals surface area contributed by atoms with Crippen molar-refractivity contribution >= 4 is 76.9 Å². The van der Waals surface area contributed by atoms with Crippen LogP contribution in [0.1, 0.15) is 36.6 Å². The molecule has 2 atom stereocenters. The van der Waals surface area contributed by atoms with Gasteiger partial charge in [-0.05, 0) is 13.8 Å². The van der Waals surface area contributed by atoms with E-state index in [-0.39, 0.29) is 17.3 Å². The second kappa shape index (κ2) is 10.8. The molecule has 3 aromatic heterocycles. The maximum Gasteiger partial charge on any atom is 0.277 e. The maximum absolute atomic E-state index is 12.5. The summed E-state index contributed by atoms with van der Waals surface area (Å²) >= 11 is 0. The predicted molar refractivity (Wildman–Crippen MR) is 197 cm³/mol. The molecule has 4 N–H and O–H groups in total. The molecular formula is C36H26N8O6S2. The van der Waals surface area contributed by atoms with Crippen molar-refractivity contribution < 1.29 is 25.9 Å². The molecule has 2 aliphatic heterocycles. The van der Waals surface area contributed by atoms with E-state index in [1.807, 2.05) is 48.5 Å². The Morgan fingerprint density at radius 1 is 0.500 bits per heavy atom. The predicted octanol–water partition coefficient (Wildman–Crippen LogP) is 5.75. The number of nitrogens with zero attached hydrogens (tertiary/aromatic N) is 6. The SMILES string of the molecule is CC1(S(=O)(=O)O)C=CC2=C(C=C1)c1nc2nc2[nH]c(nc3nc(nc4[nH]c(n1)c1ccccc41)-c1ccccc1-3)c1c2C=CC(C)(S(=O)(=O)O)C=C1. The van der Waals surface area contributed by atoms with Gasteiger partial charge in [0, 0.05) is 44.2 Å². The summed E-state index contributed by atoms with van der Waals surface area (Å²) in [5, 5.41) is 1.51. The Hall–Kier alpha value is -5.94. The van der Waals surface area contributed by atoms with E-state index in [1.165, 1.54) is 56.4 Å². The highest BCUT2D eigenvalue weighted by atomic mass is 32.2. The van der Waals surface area contributed by atoms with Gasteiger partial charge in [0.1, 0.15) is 32.1 Å². The van der Waals surface area contributed by atoms with Gasteiger partial charge < -0.3 is 9.97 Å². The zero-order valence-electron chi connectivity index (χ0n) is 27.3. The average Bonchev–Trinajstić information content (AvgIpc) is 3.73. The quantitative estimate of drug-likeness (QED) is 0.157. The fraction of sp³-hybridized carbons (Fsp3) is 0.111. The van der Waals surface area contributed by atoms with E-state index in [0.29, 0.717) is 50.9 Å². The first-order chi connectivity index (χ1) is 24.7. The fourth-order valence-corrected chi connectivity index (χ4v) is 7.39. The molecule has 0 saturated carbocycles. The van der Waals surface area contributed by atoms with Crippen molar-refractivity contribution in [3.8, 4) is 22.8 Å². The first-order valence-corrected chi connectivity index (χ1v) is 18.8. The van der Waals surface area contributed by atoms with Gasteiger partial charge in [-0.15, -0.1) is 0 Å². The maximum atomic E-state index is 12.5. The second-order valence-corrected chi connectivity index (χ2v) is 16.7. The molecule has 2 unspecified atom stereocenters. The number of hydrogen-bond donors (Lipinski definition) is 4. The standard InChI is InChI=1S/C36H26N8O6S2/c1-35(51(45,46)47)15-11-23-25(13-17-35)33-42-31(23)40-29-21-9-5-3-7-19(21)27(38-29)37-28-20-8-4-6-10-22(20)30(39-28)41-32-24-12-16-36(2,52(48,49)50)18-14-26(24)34(43-32)44-33/h3-18H,1-2H3,(H,45,46,47)(H,48,49,50)(H2,37,38,39,40,41,42,43,44). The van der Waals surface area contributed by atoms with Crippen molar-refractivity contribution in [1.29, 1.82) is 0 Å². The highest BCUT2D eigenvalue weighted by molar-refractivity contribution is 7.87. The van der Waals surface area contributed by atoms with Crippen LogP contribution < -0.4 is 0 Å². The zero-order valence-corrected chi connectivity index (χ0v) is 28.9. The first-order valence-electron chi connectivity index (χ1n) is 15.9. The molecule has 0 amide bonds. The van der Waals surface area contributed by atoms with Crippen LogP contribution in [0, 0.1) is 0 Å². The summed E-state index contributed by atoms with van der Waals surface area (Å²) in [4.78, 5) is 35.9. The van der Waals surface area contributed by atoms with Crippen molar-refractivity contribution in [2.75, 3.05) is 0 Å². The molecule has 5 aromatic rings. The summed E-state index contributed by atoms with van der Waals surface area (Å²) < 4.78 is 66.6. The Morgan fingerprint density at radius 3 is 1.35 bits per heavy atom. The van der Waals surface area contributed by atoms with Crippen LogP contribution in [0.2, 0.25) is 0 Å². The Morgan fingerprint density at radius 2 is 0.865 bits per heavy atom. The number of H-pyrrole nitrogens is 2. The summed E-state index contributed by atoms with van der Waals surface area (Å²) in [5.41, 5.74) is 4.67. The van der Waals surface area contributed by atoms with Gasteiger partial charge in [-0.1, -0.05) is 97.1 Å². The van der Waals surface area contributed by atoms with Crippen LogP contribution in [0.5, 0.6) is 0 Å². The zero-order chi connectivity index (χ0) is 36.2. The number of aromatic amines is 2. The average molecular weight is 731 g/mol. The van der Waals surface area contributed by atoms with Gasteiger partial charge in [0.15, 0.2) is 23.3 Å². The van der Waals surface area contributed by atoms with Gasteiger partial charge in [0.2, 0.25) is 0 Å². The van der Waals surface area contributed by atoms with E-state index in [9.17, 15) is 25.9 Å². The van der Waals surface area contributed by atoms with E-state index >= 15 is 0 Å². The molecule has 8 bridgehead atoms.